The molecule has 11 aromatic carbocycles. The summed E-state index contributed by atoms with van der Waals surface area (Å²) in [5, 5.41) is 2.29. The van der Waals surface area contributed by atoms with Crippen LogP contribution in [-0.4, -0.2) is 19.5 Å². The van der Waals surface area contributed by atoms with Crippen molar-refractivity contribution < 1.29 is 0 Å². The standard InChI is InChI=1S/C72H46N4/c1-6-24-46(25-7-1)68-73-69(67-55-38-17-16-34-51(55)56-42-57-52-35-18-21-39-61(52)71(63(57)44-60(56)67,47-26-8-2-9-27-47)48-28-10-3-11-29-48)75-70(74-68)76-65-41-23-20-37-54(65)59-43-58-53-36-19-22-40-62(53)72(64(58)45-66(59)76,49-30-12-4-13-31-49)50-32-14-5-15-33-50/h1-45,67H. The van der Waals surface area contributed by atoms with Gasteiger partial charge in [0.1, 0.15) is 5.82 Å². The Morgan fingerprint density at radius 1 is 0.303 bits per heavy atom. The van der Waals surface area contributed by atoms with E-state index < -0.39 is 10.8 Å². The second kappa shape index (κ2) is 16.4. The fraction of sp³-hybridized carbons (Fsp3) is 0.0417. The van der Waals surface area contributed by atoms with Crippen LogP contribution in [0.2, 0.25) is 0 Å². The summed E-state index contributed by atoms with van der Waals surface area (Å²) >= 11 is 0. The van der Waals surface area contributed by atoms with Gasteiger partial charge in [-0.2, -0.15) is 9.97 Å². The molecule has 0 saturated carbocycles. The van der Waals surface area contributed by atoms with Crippen LogP contribution in [0.25, 0.3) is 72.5 Å². The molecule has 2 aromatic heterocycles. The molecular weight excluding hydrogens is 921 g/mol. The topological polar surface area (TPSA) is 43.6 Å². The van der Waals surface area contributed by atoms with Crippen molar-refractivity contribution in [3.8, 4) is 50.7 Å². The van der Waals surface area contributed by atoms with E-state index in [1.807, 2.05) is 0 Å². The van der Waals surface area contributed by atoms with Crippen molar-refractivity contribution in [2.24, 2.45) is 0 Å². The van der Waals surface area contributed by atoms with Gasteiger partial charge in [0.2, 0.25) is 5.95 Å². The van der Waals surface area contributed by atoms with Crippen LogP contribution < -0.4 is 0 Å². The van der Waals surface area contributed by atoms with E-state index in [2.05, 4.69) is 278 Å². The minimum absolute atomic E-state index is 0.302. The minimum atomic E-state index is -0.588. The molecule has 76 heavy (non-hydrogen) atoms. The predicted octanol–water partition coefficient (Wildman–Crippen LogP) is 16.5. The molecule has 0 aliphatic heterocycles. The van der Waals surface area contributed by atoms with E-state index in [1.165, 1.54) is 89.0 Å². The van der Waals surface area contributed by atoms with Crippen LogP contribution in [0.1, 0.15) is 67.4 Å². The van der Waals surface area contributed by atoms with Crippen LogP contribution in [0, 0.1) is 0 Å². The highest BCUT2D eigenvalue weighted by Crippen LogP contribution is 2.61. The molecule has 2 heterocycles. The van der Waals surface area contributed by atoms with Gasteiger partial charge < -0.3 is 0 Å². The highest BCUT2D eigenvalue weighted by atomic mass is 15.2. The van der Waals surface area contributed by atoms with Crippen LogP contribution in [0.4, 0.5) is 0 Å². The quantitative estimate of drug-likeness (QED) is 0.160. The largest absolute Gasteiger partial charge is 0.278 e. The number of hydrogen-bond donors (Lipinski definition) is 0. The monoisotopic (exact) mass is 966 g/mol. The maximum Gasteiger partial charge on any atom is 0.238 e. The van der Waals surface area contributed by atoms with Crippen molar-refractivity contribution in [2.45, 2.75) is 16.7 Å². The second-order valence-corrected chi connectivity index (χ2v) is 20.5. The van der Waals surface area contributed by atoms with E-state index in [9.17, 15) is 0 Å². The van der Waals surface area contributed by atoms with Gasteiger partial charge in [-0.15, -0.1) is 0 Å². The first-order chi connectivity index (χ1) is 37.7. The molecule has 1 atom stereocenters. The van der Waals surface area contributed by atoms with Gasteiger partial charge >= 0.3 is 0 Å². The van der Waals surface area contributed by atoms with Crippen LogP contribution in [-0.2, 0) is 10.8 Å². The summed E-state index contributed by atoms with van der Waals surface area (Å²) in [6.07, 6.45) is 0. The molecule has 3 aliphatic rings. The molecule has 354 valence electrons. The van der Waals surface area contributed by atoms with Crippen molar-refractivity contribution in [2.75, 3.05) is 0 Å². The zero-order valence-electron chi connectivity index (χ0n) is 41.3. The molecule has 0 saturated heterocycles. The number of nitrogens with zero attached hydrogens (tertiary/aromatic N) is 4. The maximum absolute atomic E-state index is 5.79. The number of hydrogen-bond acceptors (Lipinski definition) is 3. The van der Waals surface area contributed by atoms with Gasteiger partial charge in [-0.1, -0.05) is 249 Å². The number of fused-ring (bicyclic) bond motifs is 12. The van der Waals surface area contributed by atoms with Crippen molar-refractivity contribution in [3.05, 3.63) is 334 Å². The van der Waals surface area contributed by atoms with E-state index in [1.54, 1.807) is 0 Å². The molecule has 0 spiro atoms. The summed E-state index contributed by atoms with van der Waals surface area (Å²) in [6.45, 7) is 0. The average Bonchev–Trinajstić information content (AvgIpc) is 4.40. The third kappa shape index (κ3) is 5.81. The van der Waals surface area contributed by atoms with Crippen molar-refractivity contribution in [3.63, 3.8) is 0 Å². The molecular formula is C72H46N4. The van der Waals surface area contributed by atoms with Crippen molar-refractivity contribution >= 4 is 21.8 Å². The maximum atomic E-state index is 5.79. The van der Waals surface area contributed by atoms with Gasteiger partial charge in [0.05, 0.1) is 27.8 Å². The van der Waals surface area contributed by atoms with Gasteiger partial charge in [0.15, 0.2) is 5.82 Å². The molecule has 16 rings (SSSR count). The fourth-order valence-corrected chi connectivity index (χ4v) is 13.9. The highest BCUT2D eigenvalue weighted by Gasteiger charge is 2.49. The average molecular weight is 967 g/mol. The summed E-state index contributed by atoms with van der Waals surface area (Å²) in [7, 11) is 0. The third-order valence-electron chi connectivity index (χ3n) is 16.9. The van der Waals surface area contributed by atoms with Crippen LogP contribution in [0.15, 0.2) is 273 Å². The van der Waals surface area contributed by atoms with Gasteiger partial charge in [-0.25, -0.2) is 4.98 Å². The third-order valence-corrected chi connectivity index (χ3v) is 16.9. The molecule has 4 nitrogen and oxygen atoms in total. The Morgan fingerprint density at radius 2 is 0.776 bits per heavy atom. The van der Waals surface area contributed by atoms with Crippen LogP contribution >= 0.6 is 0 Å². The van der Waals surface area contributed by atoms with Gasteiger partial charge in [0, 0.05) is 16.3 Å². The van der Waals surface area contributed by atoms with Gasteiger partial charge in [-0.3, -0.25) is 4.57 Å². The molecule has 0 N–H and O–H groups in total. The van der Waals surface area contributed by atoms with Gasteiger partial charge in [0.25, 0.3) is 0 Å². The molecule has 13 aromatic rings. The van der Waals surface area contributed by atoms with Crippen molar-refractivity contribution in [1.29, 1.82) is 0 Å². The normalized spacial score (nSPS) is 14.9. The van der Waals surface area contributed by atoms with E-state index >= 15 is 0 Å². The first-order valence-corrected chi connectivity index (χ1v) is 26.3. The Bertz CT molecular complexity index is 4370. The molecule has 0 radical (unpaired) electrons. The fourth-order valence-electron chi connectivity index (χ4n) is 13.9. The van der Waals surface area contributed by atoms with E-state index in [0.717, 1.165) is 27.4 Å². The zero-order chi connectivity index (χ0) is 50.0. The summed E-state index contributed by atoms with van der Waals surface area (Å²) < 4.78 is 2.31. The second-order valence-electron chi connectivity index (χ2n) is 20.5. The SMILES string of the molecule is c1ccc(-c2nc(C3c4ccccc4-c4cc5c(cc43)C(c3ccccc3)(c3ccccc3)c3ccccc3-5)nc(-n3c4ccccc4c4cc5c(cc43)C(c3ccccc3)(c3ccccc3)c3ccccc3-5)n2)cc1. The Hall–Kier alpha value is -9.77. The summed E-state index contributed by atoms with van der Waals surface area (Å²) in [5.74, 6) is 1.62. The van der Waals surface area contributed by atoms with Crippen LogP contribution in [0.5, 0.6) is 0 Å². The smallest absolute Gasteiger partial charge is 0.238 e. The molecule has 4 heteroatoms. The summed E-state index contributed by atoms with van der Waals surface area (Å²) in [5.41, 5.74) is 21.6. The Balaban J connectivity index is 0.981. The van der Waals surface area contributed by atoms with Gasteiger partial charge in [-0.05, 0) is 113 Å². The van der Waals surface area contributed by atoms with E-state index in [0.29, 0.717) is 17.6 Å². The lowest BCUT2D eigenvalue weighted by molar-refractivity contribution is 0.763. The Kier molecular flexibility index (Phi) is 9.20. The predicted molar refractivity (Wildman–Crippen MR) is 307 cm³/mol. The minimum Gasteiger partial charge on any atom is -0.278 e. The van der Waals surface area contributed by atoms with Crippen molar-refractivity contribution in [1.82, 2.24) is 19.5 Å². The van der Waals surface area contributed by atoms with E-state index in [4.69, 9.17) is 15.0 Å². The number of para-hydroxylation sites is 1. The number of benzene rings is 11. The Labute approximate surface area is 441 Å². The molecule has 3 aliphatic carbocycles. The number of rotatable bonds is 7. The number of aromatic nitrogens is 4. The zero-order valence-corrected chi connectivity index (χ0v) is 41.3. The Morgan fingerprint density at radius 3 is 1.37 bits per heavy atom. The van der Waals surface area contributed by atoms with Crippen LogP contribution in [0.3, 0.4) is 0 Å². The lowest BCUT2D eigenvalue weighted by Crippen LogP contribution is -2.28. The highest BCUT2D eigenvalue weighted by molar-refractivity contribution is 6.12. The lowest BCUT2D eigenvalue weighted by atomic mass is 9.67. The van der Waals surface area contributed by atoms with E-state index in [-0.39, 0.29) is 5.92 Å². The molecule has 1 unspecified atom stereocenters. The summed E-state index contributed by atoms with van der Waals surface area (Å²) in [4.78, 5) is 16.9. The molecule has 0 bridgehead atoms. The molecule has 0 fully saturated rings. The first kappa shape index (κ1) is 42.7. The summed E-state index contributed by atoms with van der Waals surface area (Å²) in [6, 6.07) is 100. The first-order valence-electron chi connectivity index (χ1n) is 26.3. The molecule has 0 amide bonds. The lowest BCUT2D eigenvalue weighted by Gasteiger charge is -2.34.